The number of carbonyl (C=O) groups excluding carboxylic acids is 1. The van der Waals surface area contributed by atoms with Gasteiger partial charge in [0.05, 0.1) is 17.6 Å². The molecule has 0 atom stereocenters. The molecule has 0 radical (unpaired) electrons. The van der Waals surface area contributed by atoms with Gasteiger partial charge in [0.1, 0.15) is 0 Å². The van der Waals surface area contributed by atoms with Crippen molar-refractivity contribution in [3.05, 3.63) is 33.9 Å². The van der Waals surface area contributed by atoms with Crippen molar-refractivity contribution in [3.8, 4) is 5.75 Å². The normalized spacial score (nSPS) is 10.1. The lowest BCUT2D eigenvalue weighted by Gasteiger charge is -2.09. The van der Waals surface area contributed by atoms with Crippen molar-refractivity contribution in [2.75, 3.05) is 20.3 Å². The molecule has 1 rings (SSSR count). The highest BCUT2D eigenvalue weighted by Crippen LogP contribution is 2.30. The standard InChI is InChI=1S/C13H18N2O5/c1-20-12-10(6-5-7-11(12)15(18)19)13(17)14-8-3-2-4-9-16/h5-7,16H,2-4,8-9H2,1H3,(H,14,17). The smallest absolute Gasteiger partial charge is 0.311 e. The molecular weight excluding hydrogens is 264 g/mol. The Bertz CT molecular complexity index is 476. The Balaban J connectivity index is 2.72. The van der Waals surface area contributed by atoms with E-state index in [0.717, 1.165) is 12.8 Å². The van der Waals surface area contributed by atoms with Gasteiger partial charge in [-0.05, 0) is 25.3 Å². The number of nitrogens with one attached hydrogen (secondary N) is 1. The van der Waals surface area contributed by atoms with Gasteiger partial charge in [0.15, 0.2) is 0 Å². The highest BCUT2D eigenvalue weighted by Gasteiger charge is 2.22. The summed E-state index contributed by atoms with van der Waals surface area (Å²) in [6.07, 6.45) is 2.24. The van der Waals surface area contributed by atoms with E-state index in [9.17, 15) is 14.9 Å². The van der Waals surface area contributed by atoms with Crippen molar-refractivity contribution in [1.82, 2.24) is 5.32 Å². The van der Waals surface area contributed by atoms with Gasteiger partial charge in [-0.1, -0.05) is 6.07 Å². The minimum absolute atomic E-state index is 0.0367. The molecule has 2 N–H and O–H groups in total. The van der Waals surface area contributed by atoms with E-state index in [1.54, 1.807) is 0 Å². The fourth-order valence-electron chi connectivity index (χ4n) is 1.77. The molecule has 110 valence electrons. The third-order valence-electron chi connectivity index (χ3n) is 2.76. The summed E-state index contributed by atoms with van der Waals surface area (Å²) in [5.41, 5.74) is -0.0933. The first-order valence-corrected chi connectivity index (χ1v) is 6.32. The van der Waals surface area contributed by atoms with Gasteiger partial charge in [-0.15, -0.1) is 0 Å². The van der Waals surface area contributed by atoms with Crippen LogP contribution in [-0.2, 0) is 0 Å². The van der Waals surface area contributed by atoms with Gasteiger partial charge in [0.2, 0.25) is 5.75 Å². The van der Waals surface area contributed by atoms with E-state index in [1.807, 2.05) is 0 Å². The van der Waals surface area contributed by atoms with Gasteiger partial charge in [-0.2, -0.15) is 0 Å². The van der Waals surface area contributed by atoms with Crippen LogP contribution in [-0.4, -0.2) is 36.2 Å². The van der Waals surface area contributed by atoms with Gasteiger partial charge < -0.3 is 15.2 Å². The van der Waals surface area contributed by atoms with Crippen molar-refractivity contribution < 1.29 is 19.6 Å². The number of para-hydroxylation sites is 1. The Kier molecular flexibility index (Phi) is 6.45. The number of carbonyl (C=O) groups is 1. The van der Waals surface area contributed by atoms with E-state index in [-0.39, 0.29) is 23.6 Å². The number of nitro benzene ring substituents is 1. The zero-order valence-electron chi connectivity index (χ0n) is 11.3. The van der Waals surface area contributed by atoms with Gasteiger partial charge >= 0.3 is 5.69 Å². The van der Waals surface area contributed by atoms with Crippen LogP contribution in [0.2, 0.25) is 0 Å². The molecule has 0 saturated heterocycles. The highest BCUT2D eigenvalue weighted by molar-refractivity contribution is 5.98. The number of aliphatic hydroxyl groups is 1. The van der Waals surface area contributed by atoms with E-state index < -0.39 is 10.8 Å². The monoisotopic (exact) mass is 282 g/mol. The Morgan fingerprint density at radius 3 is 2.75 bits per heavy atom. The number of unbranched alkanes of at least 4 members (excludes halogenated alkanes) is 2. The zero-order chi connectivity index (χ0) is 15.0. The second-order valence-electron chi connectivity index (χ2n) is 4.16. The summed E-state index contributed by atoms with van der Waals surface area (Å²) in [5, 5.41) is 22.2. The molecule has 0 spiro atoms. The van der Waals surface area contributed by atoms with Crippen molar-refractivity contribution in [2.45, 2.75) is 19.3 Å². The van der Waals surface area contributed by atoms with Crippen LogP contribution in [0.3, 0.4) is 0 Å². The first-order valence-electron chi connectivity index (χ1n) is 6.32. The highest BCUT2D eigenvalue weighted by atomic mass is 16.6. The van der Waals surface area contributed by atoms with Gasteiger partial charge in [-0.3, -0.25) is 14.9 Å². The number of methoxy groups -OCH3 is 1. The molecule has 0 bridgehead atoms. The summed E-state index contributed by atoms with van der Waals surface area (Å²) in [6.45, 7) is 0.581. The predicted octanol–water partition coefficient (Wildman–Crippen LogP) is 1.50. The first kappa shape index (κ1) is 15.9. The van der Waals surface area contributed by atoms with E-state index >= 15 is 0 Å². The summed E-state index contributed by atoms with van der Waals surface area (Å²) < 4.78 is 4.97. The molecule has 0 aromatic heterocycles. The van der Waals surface area contributed by atoms with Crippen molar-refractivity contribution in [3.63, 3.8) is 0 Å². The molecule has 0 heterocycles. The maximum absolute atomic E-state index is 12.0. The van der Waals surface area contributed by atoms with Crippen LogP contribution < -0.4 is 10.1 Å². The van der Waals surface area contributed by atoms with Crippen LogP contribution in [0.5, 0.6) is 5.75 Å². The maximum Gasteiger partial charge on any atom is 0.311 e. The Hall–Kier alpha value is -2.15. The topological polar surface area (TPSA) is 102 Å². The van der Waals surface area contributed by atoms with E-state index in [4.69, 9.17) is 9.84 Å². The summed E-state index contributed by atoms with van der Waals surface area (Å²) in [5.74, 6) is -0.445. The molecule has 1 aromatic rings. The number of rotatable bonds is 8. The largest absolute Gasteiger partial charge is 0.490 e. The number of nitrogens with zero attached hydrogens (tertiary/aromatic N) is 1. The molecule has 1 amide bonds. The number of hydrogen-bond donors (Lipinski definition) is 2. The molecule has 0 aliphatic carbocycles. The first-order chi connectivity index (χ1) is 9.61. The Morgan fingerprint density at radius 1 is 1.40 bits per heavy atom. The molecule has 7 nitrogen and oxygen atoms in total. The number of hydrogen-bond acceptors (Lipinski definition) is 5. The lowest BCUT2D eigenvalue weighted by molar-refractivity contribution is -0.385. The third-order valence-corrected chi connectivity index (χ3v) is 2.76. The van der Waals surface area contributed by atoms with Crippen LogP contribution in [0, 0.1) is 10.1 Å². The van der Waals surface area contributed by atoms with E-state index in [2.05, 4.69) is 5.32 Å². The number of benzene rings is 1. The predicted molar refractivity (Wildman–Crippen MR) is 72.9 cm³/mol. The van der Waals surface area contributed by atoms with Crippen molar-refractivity contribution >= 4 is 11.6 Å². The lowest BCUT2D eigenvalue weighted by Crippen LogP contribution is -2.25. The minimum Gasteiger partial charge on any atom is -0.490 e. The molecule has 0 aliphatic rings. The number of aliphatic hydroxyl groups excluding tert-OH is 1. The SMILES string of the molecule is COc1c(C(=O)NCCCCCO)cccc1[N+](=O)[O-]. The van der Waals surface area contributed by atoms with Crippen molar-refractivity contribution in [2.24, 2.45) is 0 Å². The van der Waals surface area contributed by atoms with Gasteiger partial charge in [0.25, 0.3) is 5.91 Å². The Labute approximate surface area is 116 Å². The average Bonchev–Trinajstić information content (AvgIpc) is 2.45. The summed E-state index contributed by atoms with van der Waals surface area (Å²) >= 11 is 0. The molecule has 0 unspecified atom stereocenters. The van der Waals surface area contributed by atoms with Crippen LogP contribution in [0.15, 0.2) is 18.2 Å². The quantitative estimate of drug-likeness (QED) is 0.427. The van der Waals surface area contributed by atoms with Crippen LogP contribution in [0.25, 0.3) is 0 Å². The van der Waals surface area contributed by atoms with E-state index in [0.29, 0.717) is 13.0 Å². The number of amides is 1. The molecule has 20 heavy (non-hydrogen) atoms. The molecule has 7 heteroatoms. The second-order valence-corrected chi connectivity index (χ2v) is 4.16. The second kappa shape index (κ2) is 8.11. The van der Waals surface area contributed by atoms with E-state index in [1.165, 1.54) is 25.3 Å². The number of ether oxygens (including phenoxy) is 1. The average molecular weight is 282 g/mol. The fourth-order valence-corrected chi connectivity index (χ4v) is 1.77. The van der Waals surface area contributed by atoms with Crippen LogP contribution in [0.4, 0.5) is 5.69 Å². The molecule has 1 aromatic carbocycles. The van der Waals surface area contributed by atoms with Crippen LogP contribution >= 0.6 is 0 Å². The third kappa shape index (κ3) is 4.20. The van der Waals surface area contributed by atoms with Gasteiger partial charge in [0, 0.05) is 19.2 Å². The summed E-state index contributed by atoms with van der Waals surface area (Å²) in [6, 6.07) is 4.22. The molecule has 0 saturated carbocycles. The zero-order valence-corrected chi connectivity index (χ0v) is 11.3. The minimum atomic E-state index is -0.586. The van der Waals surface area contributed by atoms with Crippen LogP contribution in [0.1, 0.15) is 29.6 Å². The fraction of sp³-hybridized carbons (Fsp3) is 0.462. The lowest BCUT2D eigenvalue weighted by atomic mass is 10.1. The molecular formula is C13H18N2O5. The van der Waals surface area contributed by atoms with Crippen molar-refractivity contribution in [1.29, 1.82) is 0 Å². The van der Waals surface area contributed by atoms with Gasteiger partial charge in [-0.25, -0.2) is 0 Å². The molecule has 0 fully saturated rings. The Morgan fingerprint density at radius 2 is 2.15 bits per heavy atom. The maximum atomic E-state index is 12.0. The summed E-state index contributed by atoms with van der Waals surface area (Å²) in [4.78, 5) is 22.2. The molecule has 0 aliphatic heterocycles. The number of nitro groups is 1. The summed E-state index contributed by atoms with van der Waals surface area (Å²) in [7, 11) is 1.29.